The molecule has 2 amide bonds. The van der Waals surface area contributed by atoms with Crippen LogP contribution in [-0.4, -0.2) is 25.2 Å². The third-order valence-corrected chi connectivity index (χ3v) is 6.50. The fourth-order valence-electron chi connectivity index (χ4n) is 3.38. The van der Waals surface area contributed by atoms with Gasteiger partial charge in [-0.1, -0.05) is 43.6 Å². The molecule has 0 spiro atoms. The van der Waals surface area contributed by atoms with Gasteiger partial charge in [0, 0.05) is 34.0 Å². The summed E-state index contributed by atoms with van der Waals surface area (Å²) in [5, 5.41) is 6.25. The Morgan fingerprint density at radius 3 is 2.71 bits per heavy atom. The highest BCUT2D eigenvalue weighted by molar-refractivity contribution is 7.98. The van der Waals surface area contributed by atoms with Crippen molar-refractivity contribution in [2.45, 2.75) is 38.0 Å². The molecule has 0 saturated heterocycles. The minimum atomic E-state index is -0.374. The van der Waals surface area contributed by atoms with Crippen LogP contribution >= 0.6 is 23.4 Å². The molecule has 0 aliphatic carbocycles. The third kappa shape index (κ3) is 5.60. The summed E-state index contributed by atoms with van der Waals surface area (Å²) in [6.45, 7) is 6.74. The molecule has 10 heteroatoms. The number of carbonyl (C=O) groups excluding carboxylic acids is 1. The summed E-state index contributed by atoms with van der Waals surface area (Å²) in [5.41, 5.74) is 2.66. The summed E-state index contributed by atoms with van der Waals surface area (Å²) in [7, 11) is 0. The van der Waals surface area contributed by atoms with Gasteiger partial charge in [0.25, 0.3) is 11.3 Å². The van der Waals surface area contributed by atoms with Crippen molar-refractivity contribution in [3.8, 4) is 0 Å². The van der Waals surface area contributed by atoms with Gasteiger partial charge in [-0.3, -0.25) is 9.48 Å². The monoisotopic (exact) mass is 496 g/mol. The number of halogens is 1. The van der Waals surface area contributed by atoms with Crippen LogP contribution in [-0.2, 0) is 12.3 Å². The Balaban J connectivity index is 1.46. The molecular formula is C24H25ClN6O2S. The van der Waals surface area contributed by atoms with Crippen LogP contribution in [0.2, 0.25) is 5.02 Å². The van der Waals surface area contributed by atoms with E-state index in [1.54, 1.807) is 23.1 Å². The number of anilines is 2. The average Bonchev–Trinajstić information content (AvgIpc) is 3.18. The lowest BCUT2D eigenvalue weighted by atomic mass is 10.2. The first-order valence-electron chi connectivity index (χ1n) is 10.8. The van der Waals surface area contributed by atoms with Gasteiger partial charge in [0.05, 0.1) is 11.4 Å². The van der Waals surface area contributed by atoms with E-state index in [-0.39, 0.29) is 11.6 Å². The van der Waals surface area contributed by atoms with Gasteiger partial charge in [-0.25, -0.2) is 9.78 Å². The number of hydrogen-bond acceptors (Lipinski definition) is 5. The van der Waals surface area contributed by atoms with Gasteiger partial charge in [0.2, 0.25) is 0 Å². The SMILES string of the molecule is Cc1ccc(NC(=O)Nc2ccccc2SCc2cc(=O)n3c(ncn3CC(C)C)n2)cc1Cl. The number of urea groups is 1. The molecule has 0 aliphatic heterocycles. The molecule has 2 aromatic carbocycles. The van der Waals surface area contributed by atoms with Gasteiger partial charge >= 0.3 is 6.03 Å². The maximum atomic E-state index is 12.7. The molecule has 0 aliphatic rings. The largest absolute Gasteiger partial charge is 0.323 e. The molecule has 176 valence electrons. The van der Waals surface area contributed by atoms with Crippen molar-refractivity contribution < 1.29 is 4.79 Å². The lowest BCUT2D eigenvalue weighted by Crippen LogP contribution is -2.22. The van der Waals surface area contributed by atoms with Crippen LogP contribution < -0.4 is 16.2 Å². The second kappa shape index (κ2) is 10.3. The lowest BCUT2D eigenvalue weighted by Gasteiger charge is -2.12. The van der Waals surface area contributed by atoms with E-state index >= 15 is 0 Å². The molecule has 0 atom stereocenters. The zero-order valence-electron chi connectivity index (χ0n) is 19.1. The number of carbonyl (C=O) groups is 1. The maximum absolute atomic E-state index is 12.7. The Bertz CT molecular complexity index is 1400. The smallest absolute Gasteiger partial charge is 0.308 e. The molecule has 34 heavy (non-hydrogen) atoms. The minimum Gasteiger partial charge on any atom is -0.308 e. The van der Waals surface area contributed by atoms with Gasteiger partial charge in [-0.15, -0.1) is 11.8 Å². The van der Waals surface area contributed by atoms with Crippen molar-refractivity contribution in [1.29, 1.82) is 0 Å². The number of nitrogens with one attached hydrogen (secondary N) is 2. The summed E-state index contributed by atoms with van der Waals surface area (Å²) in [5.74, 6) is 1.21. The van der Waals surface area contributed by atoms with Crippen LogP contribution in [0, 0.1) is 12.8 Å². The Kier molecular flexibility index (Phi) is 7.23. The third-order valence-electron chi connectivity index (χ3n) is 4.99. The van der Waals surface area contributed by atoms with Gasteiger partial charge in [-0.2, -0.15) is 9.50 Å². The second-order valence-corrected chi connectivity index (χ2v) is 9.71. The molecular weight excluding hydrogens is 472 g/mol. The summed E-state index contributed by atoms with van der Waals surface area (Å²) >= 11 is 7.62. The Hall–Kier alpha value is -3.30. The molecule has 4 aromatic rings. The number of aromatic nitrogens is 4. The number of aryl methyl sites for hydroxylation is 1. The first kappa shape index (κ1) is 23.8. The number of fused-ring (bicyclic) bond motifs is 1. The van der Waals surface area contributed by atoms with Crippen molar-refractivity contribution >= 4 is 46.5 Å². The van der Waals surface area contributed by atoms with Crippen LogP contribution in [0.3, 0.4) is 0 Å². The Morgan fingerprint density at radius 1 is 1.15 bits per heavy atom. The predicted molar refractivity (Wildman–Crippen MR) is 137 cm³/mol. The molecule has 0 fully saturated rings. The second-order valence-electron chi connectivity index (χ2n) is 8.29. The number of nitrogens with zero attached hydrogens (tertiary/aromatic N) is 4. The minimum absolute atomic E-state index is 0.165. The molecule has 2 heterocycles. The summed E-state index contributed by atoms with van der Waals surface area (Å²) in [6, 6.07) is 14.0. The van der Waals surface area contributed by atoms with Crippen molar-refractivity contribution in [2.24, 2.45) is 5.92 Å². The van der Waals surface area contributed by atoms with E-state index in [4.69, 9.17) is 11.6 Å². The van der Waals surface area contributed by atoms with Crippen molar-refractivity contribution in [2.75, 3.05) is 10.6 Å². The van der Waals surface area contributed by atoms with Crippen molar-refractivity contribution in [3.63, 3.8) is 0 Å². The molecule has 2 N–H and O–H groups in total. The molecule has 0 saturated carbocycles. The number of thioether (sulfide) groups is 1. The quantitative estimate of drug-likeness (QED) is 0.332. The van der Waals surface area contributed by atoms with Crippen LogP contribution in [0.25, 0.3) is 5.78 Å². The Morgan fingerprint density at radius 2 is 1.94 bits per heavy atom. The zero-order valence-corrected chi connectivity index (χ0v) is 20.7. The molecule has 2 aromatic heterocycles. The fraction of sp³-hybridized carbons (Fsp3) is 0.250. The van der Waals surface area contributed by atoms with Gasteiger partial charge in [-0.05, 0) is 42.7 Å². The number of benzene rings is 2. The van der Waals surface area contributed by atoms with Gasteiger partial charge < -0.3 is 10.6 Å². The van der Waals surface area contributed by atoms with Gasteiger partial charge in [0.15, 0.2) is 0 Å². The van der Waals surface area contributed by atoms with E-state index < -0.39 is 0 Å². The van der Waals surface area contributed by atoms with E-state index in [0.717, 1.165) is 10.5 Å². The zero-order chi connectivity index (χ0) is 24.2. The number of amides is 2. The first-order valence-corrected chi connectivity index (χ1v) is 12.2. The molecule has 0 radical (unpaired) electrons. The average molecular weight is 497 g/mol. The first-order chi connectivity index (χ1) is 16.3. The van der Waals surface area contributed by atoms with E-state index in [9.17, 15) is 9.59 Å². The van der Waals surface area contributed by atoms with E-state index in [0.29, 0.717) is 46.1 Å². The van der Waals surface area contributed by atoms with E-state index in [1.807, 2.05) is 37.3 Å². The van der Waals surface area contributed by atoms with Crippen molar-refractivity contribution in [3.05, 3.63) is 81.5 Å². The normalized spacial score (nSPS) is 11.2. The topological polar surface area (TPSA) is 93.3 Å². The summed E-state index contributed by atoms with van der Waals surface area (Å²) in [4.78, 5) is 34.9. The number of hydrogen-bond donors (Lipinski definition) is 2. The van der Waals surface area contributed by atoms with Crippen molar-refractivity contribution in [1.82, 2.24) is 19.2 Å². The van der Waals surface area contributed by atoms with Crippen LogP contribution in [0.1, 0.15) is 25.1 Å². The van der Waals surface area contributed by atoms with E-state index in [2.05, 4.69) is 34.4 Å². The predicted octanol–water partition coefficient (Wildman–Crippen LogP) is 5.45. The van der Waals surface area contributed by atoms with Crippen LogP contribution in [0.4, 0.5) is 16.2 Å². The van der Waals surface area contributed by atoms with Gasteiger partial charge in [0.1, 0.15) is 6.33 Å². The van der Waals surface area contributed by atoms with E-state index in [1.165, 1.54) is 22.3 Å². The molecule has 0 bridgehead atoms. The number of para-hydroxylation sites is 1. The van der Waals surface area contributed by atoms with Crippen LogP contribution in [0.5, 0.6) is 0 Å². The summed E-state index contributed by atoms with van der Waals surface area (Å²) < 4.78 is 3.27. The molecule has 4 rings (SSSR count). The summed E-state index contributed by atoms with van der Waals surface area (Å²) in [6.07, 6.45) is 1.64. The highest BCUT2D eigenvalue weighted by Crippen LogP contribution is 2.29. The molecule has 8 nitrogen and oxygen atoms in total. The standard InChI is InChI=1S/C24H25ClN6O2S/c1-15(2)12-30-14-26-23-27-18(11-22(32)31(23)30)13-34-21-7-5-4-6-20(21)29-24(33)28-17-9-8-16(3)19(25)10-17/h4-11,14-15H,12-13H2,1-3H3,(H2,28,29,33). The Labute approximate surface area is 206 Å². The molecule has 0 unspecified atom stereocenters. The maximum Gasteiger partial charge on any atom is 0.323 e. The fourth-order valence-corrected chi connectivity index (χ4v) is 4.47. The number of rotatable bonds is 7. The lowest BCUT2D eigenvalue weighted by molar-refractivity contribution is 0.262. The van der Waals surface area contributed by atoms with Crippen LogP contribution in [0.15, 0.2) is 64.5 Å². The highest BCUT2D eigenvalue weighted by Gasteiger charge is 2.12. The highest BCUT2D eigenvalue weighted by atomic mass is 35.5.